The van der Waals surface area contributed by atoms with Gasteiger partial charge < -0.3 is 25.6 Å². The van der Waals surface area contributed by atoms with Gasteiger partial charge in [0.25, 0.3) is 5.91 Å². The fourth-order valence-electron chi connectivity index (χ4n) is 8.08. The molecule has 16 heteroatoms. The molecule has 45 heavy (non-hydrogen) atoms. The molecule has 4 saturated carbocycles. The van der Waals surface area contributed by atoms with Gasteiger partial charge in [0, 0.05) is 17.8 Å². The second-order valence-electron chi connectivity index (χ2n) is 12.8. The highest BCUT2D eigenvalue weighted by molar-refractivity contribution is 7.89. The Balaban J connectivity index is 1.01. The van der Waals surface area contributed by atoms with E-state index < -0.39 is 46.5 Å². The Morgan fingerprint density at radius 1 is 0.978 bits per heavy atom. The first kappa shape index (κ1) is 30.0. The van der Waals surface area contributed by atoms with Gasteiger partial charge in [-0.2, -0.15) is 0 Å². The summed E-state index contributed by atoms with van der Waals surface area (Å²) in [5.74, 6) is 1.32. The molecule has 4 bridgehead atoms. The highest BCUT2D eigenvalue weighted by atomic mass is 32.2. The summed E-state index contributed by atoms with van der Waals surface area (Å²) in [4.78, 5) is 37.8. The summed E-state index contributed by atoms with van der Waals surface area (Å²) < 4.78 is 36.7. The van der Waals surface area contributed by atoms with Crippen LogP contribution < -0.4 is 20.7 Å². The van der Waals surface area contributed by atoms with Crippen LogP contribution in [0.3, 0.4) is 0 Å². The van der Waals surface area contributed by atoms with Crippen molar-refractivity contribution in [2.45, 2.75) is 80.4 Å². The number of nitrogens with zero attached hydrogens (tertiary/aromatic N) is 4. The summed E-state index contributed by atoms with van der Waals surface area (Å²) in [7, 11) is -3.74. The summed E-state index contributed by atoms with van der Waals surface area (Å²) in [6.45, 7) is 2.05. The molecule has 240 valence electrons. The van der Waals surface area contributed by atoms with E-state index in [1.807, 2.05) is 0 Å². The molecule has 1 aromatic carbocycles. The number of aromatic nitrogens is 4. The van der Waals surface area contributed by atoms with Gasteiger partial charge in [0.1, 0.15) is 18.5 Å². The van der Waals surface area contributed by atoms with Crippen LogP contribution in [0.5, 0.6) is 0 Å². The Morgan fingerprint density at radius 3 is 2.29 bits per heavy atom. The third-order valence-corrected chi connectivity index (χ3v) is 11.1. The van der Waals surface area contributed by atoms with Crippen molar-refractivity contribution in [3.05, 3.63) is 36.9 Å². The van der Waals surface area contributed by atoms with Gasteiger partial charge >= 0.3 is 6.03 Å². The van der Waals surface area contributed by atoms with E-state index in [0.717, 1.165) is 19.3 Å². The summed E-state index contributed by atoms with van der Waals surface area (Å²) in [5.41, 5.74) is 0.378. The zero-order chi connectivity index (χ0) is 31.5. The third-order valence-electron chi connectivity index (χ3n) is 9.52. The van der Waals surface area contributed by atoms with Crippen molar-refractivity contribution in [1.82, 2.24) is 29.6 Å². The Kier molecular flexibility index (Phi) is 7.51. The number of imidazole rings is 1. The molecule has 1 aliphatic heterocycles. The maximum atomic E-state index is 13.3. The molecule has 2 aromatic heterocycles. The van der Waals surface area contributed by atoms with Gasteiger partial charge in [0.2, 0.25) is 10.0 Å². The number of amides is 3. The first-order chi connectivity index (χ1) is 21.5. The number of carbonyl (C=O) groups excluding carboxylic acids is 2. The number of benzene rings is 1. The van der Waals surface area contributed by atoms with Crippen molar-refractivity contribution < 1.29 is 33.0 Å². The van der Waals surface area contributed by atoms with Gasteiger partial charge in [-0.1, -0.05) is 0 Å². The second-order valence-corrected chi connectivity index (χ2v) is 14.5. The molecule has 3 amide bonds. The van der Waals surface area contributed by atoms with Crippen molar-refractivity contribution in [2.75, 3.05) is 17.2 Å². The minimum Gasteiger partial charge on any atom is -0.387 e. The topological polar surface area (TPSA) is 210 Å². The molecular weight excluding hydrogens is 604 g/mol. The molecule has 6 N–H and O–H groups in total. The number of carbonyl (C=O) groups is 2. The highest BCUT2D eigenvalue weighted by Gasteiger charge is 2.52. The van der Waals surface area contributed by atoms with Crippen molar-refractivity contribution in [3.63, 3.8) is 0 Å². The molecule has 8 rings (SSSR count). The number of hydrogen-bond acceptors (Lipinski definition) is 10. The highest BCUT2D eigenvalue weighted by Crippen LogP contribution is 2.56. The van der Waals surface area contributed by atoms with Crippen molar-refractivity contribution in [3.8, 4) is 0 Å². The fourth-order valence-corrected chi connectivity index (χ4v) is 9.51. The summed E-state index contributed by atoms with van der Waals surface area (Å²) in [5, 5.41) is 28.8. The first-order valence-corrected chi connectivity index (χ1v) is 16.7. The maximum absolute atomic E-state index is 13.3. The van der Waals surface area contributed by atoms with E-state index in [-0.39, 0.29) is 27.4 Å². The lowest BCUT2D eigenvalue weighted by atomic mass is 9.53. The number of fused-ring (bicyclic) bond motifs is 1. The number of anilines is 2. The zero-order valence-electron chi connectivity index (χ0n) is 24.6. The standard InChI is InChI=1S/C29H36N8O7S/c1-2-30-26(40)23-21(38)22(39)27(44-23)37-14-33-20-24(31-13-32-25(20)37)35-28(41)34-18-3-5-19(6-4-18)45(42,43)36-29-10-15-7-16(11-29)9-17(8-15)12-29/h3-6,13-17,21-23,27,36,38-39H,2,7-12H2,1H3,(H,30,40)(H2,31,32,34,35,41)/t15?,16?,17?,21-,22+,23-,27?,29?/m0/s1. The largest absolute Gasteiger partial charge is 0.387 e. The number of nitrogens with one attached hydrogen (secondary N) is 4. The van der Waals surface area contributed by atoms with Gasteiger partial charge in [-0.15, -0.1) is 0 Å². The van der Waals surface area contributed by atoms with Crippen LogP contribution in [0.25, 0.3) is 11.2 Å². The third kappa shape index (κ3) is 5.54. The van der Waals surface area contributed by atoms with Gasteiger partial charge in [0.15, 0.2) is 29.3 Å². The minimum absolute atomic E-state index is 0.0588. The quantitative estimate of drug-likeness (QED) is 0.209. The smallest absolute Gasteiger partial charge is 0.324 e. The number of rotatable bonds is 8. The molecule has 3 heterocycles. The van der Waals surface area contributed by atoms with Crippen LogP contribution in [0.4, 0.5) is 16.3 Å². The molecule has 4 aliphatic carbocycles. The van der Waals surface area contributed by atoms with Crippen LogP contribution in [0.1, 0.15) is 51.7 Å². The van der Waals surface area contributed by atoms with Crippen LogP contribution in [0.15, 0.2) is 41.8 Å². The average molecular weight is 641 g/mol. The molecule has 0 radical (unpaired) electrons. The molecule has 3 aromatic rings. The van der Waals surface area contributed by atoms with Gasteiger partial charge in [0.05, 0.1) is 11.2 Å². The predicted octanol–water partition coefficient (Wildman–Crippen LogP) is 1.47. The van der Waals surface area contributed by atoms with Crippen LogP contribution in [0, 0.1) is 17.8 Å². The van der Waals surface area contributed by atoms with Crippen LogP contribution >= 0.6 is 0 Å². The lowest BCUT2D eigenvalue weighted by molar-refractivity contribution is -0.137. The summed E-state index contributed by atoms with van der Waals surface area (Å²) >= 11 is 0. The average Bonchev–Trinajstić information content (AvgIpc) is 3.53. The molecule has 5 fully saturated rings. The van der Waals surface area contributed by atoms with E-state index in [0.29, 0.717) is 30.0 Å². The summed E-state index contributed by atoms with van der Waals surface area (Å²) in [6, 6.07) is 5.33. The van der Waals surface area contributed by atoms with E-state index in [4.69, 9.17) is 4.74 Å². The Labute approximate surface area is 259 Å². The molecule has 4 atom stereocenters. The molecule has 15 nitrogen and oxygen atoms in total. The SMILES string of the molecule is CCNC(=O)[C@H]1OC(n2cnc3c(NC(=O)Nc4ccc(S(=O)(=O)NC56CC7CC(CC(C7)C5)C6)cc4)ncnc32)[C@H](O)[C@@H]1O. The zero-order valence-corrected chi connectivity index (χ0v) is 25.4. The monoisotopic (exact) mass is 640 g/mol. The van der Waals surface area contributed by atoms with Crippen LogP contribution in [0.2, 0.25) is 0 Å². The fraction of sp³-hybridized carbons (Fsp3) is 0.552. The number of urea groups is 1. The molecule has 1 saturated heterocycles. The number of sulfonamides is 1. The number of ether oxygens (including phenoxy) is 1. The summed E-state index contributed by atoms with van der Waals surface area (Å²) in [6.07, 6.45) is 3.47. The molecular formula is C29H36N8O7S. The molecule has 1 unspecified atom stereocenters. The van der Waals surface area contributed by atoms with Crippen LogP contribution in [-0.4, -0.2) is 80.5 Å². The lowest BCUT2D eigenvalue weighted by Crippen LogP contribution is -2.59. The van der Waals surface area contributed by atoms with Crippen molar-refractivity contribution in [2.24, 2.45) is 17.8 Å². The number of likely N-dealkylation sites (N-methyl/N-ethyl adjacent to an activating group) is 1. The maximum Gasteiger partial charge on any atom is 0.324 e. The Hall–Kier alpha value is -3.70. The number of aliphatic hydroxyl groups is 2. The minimum atomic E-state index is -3.74. The Morgan fingerprint density at radius 2 is 1.64 bits per heavy atom. The van der Waals surface area contributed by atoms with E-state index in [1.54, 1.807) is 6.92 Å². The molecule has 5 aliphatic rings. The van der Waals surface area contributed by atoms with E-state index in [1.165, 1.54) is 60.7 Å². The lowest BCUT2D eigenvalue weighted by Gasteiger charge is -2.56. The van der Waals surface area contributed by atoms with Crippen molar-refractivity contribution in [1.29, 1.82) is 0 Å². The van der Waals surface area contributed by atoms with Gasteiger partial charge in [-0.25, -0.2) is 32.9 Å². The van der Waals surface area contributed by atoms with E-state index >= 15 is 0 Å². The van der Waals surface area contributed by atoms with Gasteiger partial charge in [-0.05, 0) is 87.5 Å². The normalized spacial score (nSPS) is 32.1. The second kappa shape index (κ2) is 11.3. The molecule has 0 spiro atoms. The van der Waals surface area contributed by atoms with Crippen molar-refractivity contribution >= 4 is 44.6 Å². The predicted molar refractivity (Wildman–Crippen MR) is 160 cm³/mol. The number of hydrogen-bond donors (Lipinski definition) is 6. The first-order valence-electron chi connectivity index (χ1n) is 15.2. The Bertz CT molecular complexity index is 1690. The van der Waals surface area contributed by atoms with Crippen LogP contribution in [-0.2, 0) is 19.6 Å². The van der Waals surface area contributed by atoms with E-state index in [9.17, 15) is 28.2 Å². The number of aliphatic hydroxyl groups excluding tert-OH is 2. The van der Waals surface area contributed by atoms with E-state index in [2.05, 4.69) is 35.6 Å². The van der Waals surface area contributed by atoms with Gasteiger partial charge in [-0.3, -0.25) is 14.7 Å².